The molecule has 0 saturated carbocycles. The zero-order valence-corrected chi connectivity index (χ0v) is 28.7. The molecule has 4 rings (SSSR count). The van der Waals surface area contributed by atoms with Crippen LogP contribution < -0.4 is 15.4 Å². The van der Waals surface area contributed by atoms with E-state index in [2.05, 4.69) is 10.6 Å². The topological polar surface area (TPSA) is 120 Å². The van der Waals surface area contributed by atoms with Crippen LogP contribution in [0.4, 0.5) is 29.3 Å². The molecule has 50 heavy (non-hydrogen) atoms. The Balaban J connectivity index is 1.59. The van der Waals surface area contributed by atoms with Gasteiger partial charge in [-0.05, 0) is 87.7 Å². The summed E-state index contributed by atoms with van der Waals surface area (Å²) in [5, 5.41) is 15.3. The minimum atomic E-state index is -4.51. The zero-order chi connectivity index (χ0) is 36.4. The maximum atomic E-state index is 14.3. The fourth-order valence-corrected chi connectivity index (χ4v) is 5.65. The van der Waals surface area contributed by atoms with Crippen molar-refractivity contribution in [2.75, 3.05) is 44.0 Å². The van der Waals surface area contributed by atoms with E-state index in [9.17, 15) is 32.7 Å². The first-order chi connectivity index (χ1) is 23.8. The molecule has 10 nitrogen and oxygen atoms in total. The van der Waals surface area contributed by atoms with Gasteiger partial charge in [0, 0.05) is 49.6 Å². The quantitative estimate of drug-likeness (QED) is 0.247. The number of alkyl halides is 3. The molecule has 0 unspecified atom stereocenters. The van der Waals surface area contributed by atoms with Crippen LogP contribution in [0.15, 0.2) is 72.8 Å². The zero-order valence-electron chi connectivity index (χ0n) is 28.7. The van der Waals surface area contributed by atoms with Gasteiger partial charge < -0.3 is 35.0 Å². The minimum Gasteiger partial charge on any atom is -0.490 e. The summed E-state index contributed by atoms with van der Waals surface area (Å²) in [4.78, 5) is 43.5. The highest BCUT2D eigenvalue weighted by molar-refractivity contribution is 6.02. The summed E-state index contributed by atoms with van der Waals surface area (Å²) in [7, 11) is 1.72. The lowest BCUT2D eigenvalue weighted by Crippen LogP contribution is -2.48. The number of halogens is 3. The van der Waals surface area contributed by atoms with E-state index in [1.54, 1.807) is 55.3 Å². The van der Waals surface area contributed by atoms with Crippen molar-refractivity contribution in [3.8, 4) is 5.75 Å². The van der Waals surface area contributed by atoms with Crippen LogP contribution >= 0.6 is 0 Å². The number of rotatable bonds is 7. The normalized spacial score (nSPS) is 19.7. The highest BCUT2D eigenvalue weighted by Crippen LogP contribution is 2.31. The van der Waals surface area contributed by atoms with E-state index in [1.807, 2.05) is 19.9 Å². The van der Waals surface area contributed by atoms with Gasteiger partial charge in [-0.25, -0.2) is 4.79 Å². The Kier molecular flexibility index (Phi) is 13.3. The van der Waals surface area contributed by atoms with Crippen LogP contribution in [0.1, 0.15) is 66.3 Å². The maximum Gasteiger partial charge on any atom is 0.416 e. The molecule has 0 aromatic heterocycles. The lowest BCUT2D eigenvalue weighted by molar-refractivity contribution is -0.137. The maximum absolute atomic E-state index is 14.3. The van der Waals surface area contributed by atoms with Gasteiger partial charge in [0.05, 0.1) is 36.0 Å². The standard InChI is InChI=1S/C37H45F3N4O6/c1-24-21-44(25(2)23-45)35(47)31-20-30(42-36(48)41-29-15-13-28(14-16-29)37(38,39)40)17-18-32(31)50-26(3)10-8-9-19-49-33(24)22-43(4)34(46)27-11-6-5-7-12-27/h5-7,11-18,20,24-26,33,45H,8-10,19,21-23H2,1-4H3,(H2,41,42,48)/t24-,25-,26+,33+/m1/s1. The summed E-state index contributed by atoms with van der Waals surface area (Å²) < 4.78 is 51.4. The molecule has 0 saturated heterocycles. The minimum absolute atomic E-state index is 0.145. The van der Waals surface area contributed by atoms with Gasteiger partial charge in [0.1, 0.15) is 5.75 Å². The molecule has 1 aliphatic rings. The predicted octanol–water partition coefficient (Wildman–Crippen LogP) is 6.92. The first kappa shape index (κ1) is 38.2. The second kappa shape index (κ2) is 17.3. The van der Waals surface area contributed by atoms with Gasteiger partial charge in [-0.15, -0.1) is 0 Å². The second-order valence-corrected chi connectivity index (χ2v) is 12.7. The molecule has 1 aliphatic heterocycles. The van der Waals surface area contributed by atoms with Crippen molar-refractivity contribution < 1.29 is 42.1 Å². The van der Waals surface area contributed by atoms with Gasteiger partial charge in [-0.1, -0.05) is 25.1 Å². The third kappa shape index (κ3) is 10.4. The second-order valence-electron chi connectivity index (χ2n) is 12.7. The van der Waals surface area contributed by atoms with Crippen molar-refractivity contribution in [3.63, 3.8) is 0 Å². The fourth-order valence-electron chi connectivity index (χ4n) is 5.65. The van der Waals surface area contributed by atoms with Crippen LogP contribution in [0.2, 0.25) is 0 Å². The van der Waals surface area contributed by atoms with Crippen LogP contribution in [0, 0.1) is 5.92 Å². The molecule has 0 bridgehead atoms. The molecule has 0 spiro atoms. The summed E-state index contributed by atoms with van der Waals surface area (Å²) >= 11 is 0. The van der Waals surface area contributed by atoms with E-state index < -0.39 is 35.8 Å². The van der Waals surface area contributed by atoms with Crippen LogP contribution in [-0.2, 0) is 10.9 Å². The first-order valence-corrected chi connectivity index (χ1v) is 16.7. The lowest BCUT2D eigenvalue weighted by Gasteiger charge is -2.36. The van der Waals surface area contributed by atoms with E-state index in [-0.39, 0.29) is 54.6 Å². The number of urea groups is 1. The number of carbonyl (C=O) groups is 3. The van der Waals surface area contributed by atoms with Gasteiger partial charge in [0.25, 0.3) is 11.8 Å². The van der Waals surface area contributed by atoms with Gasteiger partial charge >= 0.3 is 12.2 Å². The molecule has 3 N–H and O–H groups in total. The summed E-state index contributed by atoms with van der Waals surface area (Å²) in [6, 6.07) is 16.3. The Morgan fingerprint density at radius 3 is 2.32 bits per heavy atom. The summed E-state index contributed by atoms with van der Waals surface area (Å²) in [6.07, 6.45) is -2.97. The van der Waals surface area contributed by atoms with Crippen LogP contribution in [0.5, 0.6) is 5.75 Å². The molecule has 4 atom stereocenters. The van der Waals surface area contributed by atoms with Crippen molar-refractivity contribution >= 4 is 29.2 Å². The average Bonchev–Trinajstić information content (AvgIpc) is 3.09. The Morgan fingerprint density at radius 1 is 1.00 bits per heavy atom. The van der Waals surface area contributed by atoms with Crippen molar-refractivity contribution in [2.45, 2.75) is 64.5 Å². The number of aliphatic hydroxyl groups excluding tert-OH is 1. The van der Waals surface area contributed by atoms with Crippen molar-refractivity contribution in [2.24, 2.45) is 5.92 Å². The van der Waals surface area contributed by atoms with E-state index in [4.69, 9.17) is 9.47 Å². The number of hydrogen-bond acceptors (Lipinski definition) is 6. The van der Waals surface area contributed by atoms with E-state index in [0.717, 1.165) is 37.1 Å². The first-order valence-electron chi connectivity index (χ1n) is 16.7. The third-order valence-electron chi connectivity index (χ3n) is 8.60. The summed E-state index contributed by atoms with van der Waals surface area (Å²) in [5.41, 5.74) is 0.251. The van der Waals surface area contributed by atoms with E-state index in [1.165, 1.54) is 11.0 Å². The average molecular weight is 699 g/mol. The number of aliphatic hydroxyl groups is 1. The highest BCUT2D eigenvalue weighted by atomic mass is 19.4. The molecule has 13 heteroatoms. The van der Waals surface area contributed by atoms with Gasteiger partial charge in [0.2, 0.25) is 0 Å². The molecular formula is C37H45F3N4O6. The van der Waals surface area contributed by atoms with Crippen molar-refractivity contribution in [1.82, 2.24) is 9.80 Å². The third-order valence-corrected chi connectivity index (χ3v) is 8.60. The molecule has 3 aromatic rings. The number of carbonyl (C=O) groups excluding carboxylic acids is 3. The lowest BCUT2D eigenvalue weighted by atomic mass is 10.0. The van der Waals surface area contributed by atoms with E-state index >= 15 is 0 Å². The molecule has 270 valence electrons. The van der Waals surface area contributed by atoms with Crippen LogP contribution in [0.25, 0.3) is 0 Å². The Morgan fingerprint density at radius 2 is 1.66 bits per heavy atom. The molecule has 0 fully saturated rings. The number of hydrogen-bond donors (Lipinski definition) is 3. The van der Waals surface area contributed by atoms with Crippen LogP contribution in [0.3, 0.4) is 0 Å². The van der Waals surface area contributed by atoms with Crippen molar-refractivity contribution in [3.05, 3.63) is 89.5 Å². The number of ether oxygens (including phenoxy) is 2. The SMILES string of the molecule is C[C@@H]1CN([C@H](C)CO)C(=O)c2cc(NC(=O)Nc3ccc(C(F)(F)F)cc3)ccc2O[C@@H](C)CCCCO[C@H]1CN(C)C(=O)c1ccccc1. The van der Waals surface area contributed by atoms with E-state index in [0.29, 0.717) is 24.3 Å². The molecule has 0 radical (unpaired) electrons. The summed E-state index contributed by atoms with van der Waals surface area (Å²) in [5.74, 6) is -0.560. The van der Waals surface area contributed by atoms with Gasteiger partial charge in [-0.3, -0.25) is 9.59 Å². The molecule has 4 amide bonds. The Bertz CT molecular complexity index is 1590. The highest BCUT2D eigenvalue weighted by Gasteiger charge is 2.32. The Hall–Kier alpha value is -4.62. The number of nitrogens with one attached hydrogen (secondary N) is 2. The number of likely N-dealkylation sites (N-methyl/N-ethyl adjacent to an activating group) is 1. The van der Waals surface area contributed by atoms with Crippen LogP contribution in [-0.4, -0.2) is 84.4 Å². The smallest absolute Gasteiger partial charge is 0.416 e. The monoisotopic (exact) mass is 698 g/mol. The van der Waals surface area contributed by atoms with Gasteiger partial charge in [0.15, 0.2) is 0 Å². The number of benzene rings is 3. The molecular weight excluding hydrogens is 653 g/mol. The molecule has 0 aliphatic carbocycles. The number of anilines is 2. The number of fused-ring (bicyclic) bond motifs is 1. The number of nitrogens with zero attached hydrogens (tertiary/aromatic N) is 2. The van der Waals surface area contributed by atoms with Gasteiger partial charge in [-0.2, -0.15) is 13.2 Å². The molecule has 3 aromatic carbocycles. The largest absolute Gasteiger partial charge is 0.490 e. The van der Waals surface area contributed by atoms with Crippen molar-refractivity contribution in [1.29, 1.82) is 0 Å². The Labute approximate surface area is 290 Å². The predicted molar refractivity (Wildman–Crippen MR) is 184 cm³/mol. The summed E-state index contributed by atoms with van der Waals surface area (Å²) in [6.45, 7) is 6.15. The number of amides is 4. The fraction of sp³-hybridized carbons (Fsp3) is 0.432. The molecule has 1 heterocycles.